The van der Waals surface area contributed by atoms with Crippen molar-refractivity contribution >= 4 is 23.4 Å². The van der Waals surface area contributed by atoms with Crippen molar-refractivity contribution in [2.75, 3.05) is 12.0 Å². The first-order valence-corrected chi connectivity index (χ1v) is 10.8. The van der Waals surface area contributed by atoms with Gasteiger partial charge in [-0.15, -0.1) is 0 Å². The molecule has 7 nitrogen and oxygen atoms in total. The second-order valence-corrected chi connectivity index (χ2v) is 7.97. The Labute approximate surface area is 197 Å². The molecule has 1 aliphatic heterocycles. The number of carbonyl (C=O) groups excluding carboxylic acids is 3. The lowest BCUT2D eigenvalue weighted by Crippen LogP contribution is -2.46. The van der Waals surface area contributed by atoms with Gasteiger partial charge in [-0.2, -0.15) is 5.26 Å². The molecule has 0 N–H and O–H groups in total. The van der Waals surface area contributed by atoms with E-state index >= 15 is 0 Å². The van der Waals surface area contributed by atoms with Crippen LogP contribution in [0.25, 0.3) is 0 Å². The minimum Gasteiger partial charge on any atom is -0.497 e. The van der Waals surface area contributed by atoms with Gasteiger partial charge in [-0.25, -0.2) is 4.90 Å². The van der Waals surface area contributed by atoms with Crippen LogP contribution in [0.3, 0.4) is 0 Å². The number of hydrogen-bond acceptors (Lipinski definition) is 5. The number of anilines is 1. The second kappa shape index (κ2) is 9.59. The molecule has 1 saturated heterocycles. The van der Waals surface area contributed by atoms with Crippen molar-refractivity contribution in [1.82, 2.24) is 4.90 Å². The van der Waals surface area contributed by atoms with E-state index in [0.717, 1.165) is 10.5 Å². The number of benzene rings is 3. The van der Waals surface area contributed by atoms with E-state index in [2.05, 4.69) is 0 Å². The van der Waals surface area contributed by atoms with Gasteiger partial charge in [0.2, 0.25) is 5.91 Å². The van der Waals surface area contributed by atoms with Crippen molar-refractivity contribution in [1.29, 1.82) is 5.26 Å². The zero-order chi connectivity index (χ0) is 24.2. The van der Waals surface area contributed by atoms with Gasteiger partial charge in [0.1, 0.15) is 11.8 Å². The first kappa shape index (κ1) is 22.7. The molecule has 1 aliphatic rings. The molecule has 0 spiro atoms. The van der Waals surface area contributed by atoms with Crippen LogP contribution < -0.4 is 9.64 Å². The Kier molecular flexibility index (Phi) is 6.42. The summed E-state index contributed by atoms with van der Waals surface area (Å²) in [6.07, 6.45) is -0.127. The predicted octanol–water partition coefficient (Wildman–Crippen LogP) is 4.10. The van der Waals surface area contributed by atoms with E-state index in [9.17, 15) is 14.4 Å². The third-order valence-electron chi connectivity index (χ3n) is 5.98. The van der Waals surface area contributed by atoms with Crippen LogP contribution in [0, 0.1) is 11.3 Å². The molecule has 2 unspecified atom stereocenters. The fourth-order valence-electron chi connectivity index (χ4n) is 4.15. The van der Waals surface area contributed by atoms with Gasteiger partial charge in [0, 0.05) is 5.56 Å². The summed E-state index contributed by atoms with van der Waals surface area (Å²) < 4.78 is 5.19. The minimum absolute atomic E-state index is 0.127. The minimum atomic E-state index is -0.965. The summed E-state index contributed by atoms with van der Waals surface area (Å²) in [5, 5.41) is 9.03. The smallest absolute Gasteiger partial charge is 0.257 e. The Bertz CT molecular complexity index is 1250. The van der Waals surface area contributed by atoms with Crippen molar-refractivity contribution in [2.24, 2.45) is 0 Å². The van der Waals surface area contributed by atoms with E-state index in [1.54, 1.807) is 55.6 Å². The largest absolute Gasteiger partial charge is 0.497 e. The second-order valence-electron chi connectivity index (χ2n) is 7.97. The first-order valence-electron chi connectivity index (χ1n) is 10.8. The van der Waals surface area contributed by atoms with Crippen LogP contribution in [0.2, 0.25) is 0 Å². The lowest BCUT2D eigenvalue weighted by Gasteiger charge is -2.33. The summed E-state index contributed by atoms with van der Waals surface area (Å²) in [6.45, 7) is 1.85. The van der Waals surface area contributed by atoms with Crippen LogP contribution in [-0.2, 0) is 9.59 Å². The number of amides is 3. The Morgan fingerprint density at radius 2 is 1.68 bits per heavy atom. The maximum Gasteiger partial charge on any atom is 0.257 e. The summed E-state index contributed by atoms with van der Waals surface area (Å²) in [4.78, 5) is 42.7. The summed E-state index contributed by atoms with van der Waals surface area (Å²) in [5.74, 6) is -0.614. The van der Waals surface area contributed by atoms with Gasteiger partial charge >= 0.3 is 0 Å². The number of carbonyl (C=O) groups is 3. The molecule has 4 rings (SSSR count). The van der Waals surface area contributed by atoms with E-state index in [1.807, 2.05) is 43.3 Å². The number of hydrogen-bond donors (Lipinski definition) is 0. The van der Waals surface area contributed by atoms with E-state index in [1.165, 1.54) is 4.90 Å². The molecule has 1 fully saturated rings. The van der Waals surface area contributed by atoms with Crippen LogP contribution >= 0.6 is 0 Å². The summed E-state index contributed by atoms with van der Waals surface area (Å²) in [6, 6.07) is 22.9. The quantitative estimate of drug-likeness (QED) is 0.524. The van der Waals surface area contributed by atoms with Gasteiger partial charge in [-0.3, -0.25) is 14.4 Å². The molecule has 0 aliphatic carbocycles. The highest BCUT2D eigenvalue weighted by molar-refractivity contribution is 6.23. The maximum absolute atomic E-state index is 13.7. The van der Waals surface area contributed by atoms with Gasteiger partial charge in [0.25, 0.3) is 11.8 Å². The Morgan fingerprint density at radius 3 is 2.26 bits per heavy atom. The van der Waals surface area contributed by atoms with E-state index < -0.39 is 23.9 Å². The van der Waals surface area contributed by atoms with Crippen molar-refractivity contribution in [2.45, 2.75) is 25.4 Å². The van der Waals surface area contributed by atoms with E-state index in [0.29, 0.717) is 22.6 Å². The fraction of sp³-hybridized carbons (Fsp3) is 0.185. The van der Waals surface area contributed by atoms with Gasteiger partial charge in [-0.05, 0) is 61.0 Å². The van der Waals surface area contributed by atoms with Crippen molar-refractivity contribution in [3.63, 3.8) is 0 Å². The van der Waals surface area contributed by atoms with Crippen molar-refractivity contribution < 1.29 is 19.1 Å². The Morgan fingerprint density at radius 1 is 1.03 bits per heavy atom. The zero-order valence-electron chi connectivity index (χ0n) is 18.8. The van der Waals surface area contributed by atoms with Crippen LogP contribution in [0.4, 0.5) is 5.69 Å². The number of methoxy groups -OCH3 is 1. The number of imide groups is 1. The molecule has 0 saturated carbocycles. The molecule has 7 heteroatoms. The number of nitriles is 1. The Balaban J connectivity index is 1.72. The molecule has 3 aromatic carbocycles. The molecule has 170 valence electrons. The average Bonchev–Trinajstić information content (AvgIpc) is 3.17. The summed E-state index contributed by atoms with van der Waals surface area (Å²) in [7, 11) is 1.54. The standard InChI is InChI=1S/C27H23N3O4/c1-18(20-6-4-3-5-7-20)29(26(32)21-10-14-23(34-2)15-11-21)24-16-25(31)30(27(24)33)22-12-8-19(17-28)9-13-22/h3-15,18,24H,16H2,1-2H3. The van der Waals surface area contributed by atoms with Gasteiger partial charge in [0.15, 0.2) is 0 Å². The normalized spacial score (nSPS) is 16.1. The topological polar surface area (TPSA) is 90.7 Å². The maximum atomic E-state index is 13.7. The van der Waals surface area contributed by atoms with Gasteiger partial charge in [-0.1, -0.05) is 30.3 Å². The van der Waals surface area contributed by atoms with Crippen LogP contribution in [-0.4, -0.2) is 35.8 Å². The zero-order valence-corrected chi connectivity index (χ0v) is 18.8. The molecule has 0 bridgehead atoms. The highest BCUT2D eigenvalue weighted by Gasteiger charge is 2.46. The van der Waals surface area contributed by atoms with E-state index in [4.69, 9.17) is 10.00 Å². The molecule has 2 atom stereocenters. The van der Waals surface area contributed by atoms with Crippen LogP contribution in [0.5, 0.6) is 5.75 Å². The molecule has 3 aromatic rings. The van der Waals surface area contributed by atoms with Gasteiger partial charge in [0.05, 0.1) is 36.9 Å². The van der Waals surface area contributed by atoms with Gasteiger partial charge < -0.3 is 9.64 Å². The molecular formula is C27H23N3O4. The summed E-state index contributed by atoms with van der Waals surface area (Å²) >= 11 is 0. The molecule has 1 heterocycles. The Hall–Kier alpha value is -4.44. The van der Waals surface area contributed by atoms with Crippen LogP contribution in [0.1, 0.15) is 40.9 Å². The molecule has 0 radical (unpaired) electrons. The third-order valence-corrected chi connectivity index (χ3v) is 5.98. The number of rotatable bonds is 6. The first-order chi connectivity index (χ1) is 16.4. The lowest BCUT2D eigenvalue weighted by atomic mass is 10.0. The van der Waals surface area contributed by atoms with Crippen LogP contribution in [0.15, 0.2) is 78.9 Å². The van der Waals surface area contributed by atoms with Crippen molar-refractivity contribution in [3.05, 3.63) is 95.6 Å². The SMILES string of the molecule is COc1ccc(C(=O)N(C2CC(=O)N(c3ccc(C#N)cc3)C2=O)C(C)c2ccccc2)cc1. The molecule has 0 aromatic heterocycles. The highest BCUT2D eigenvalue weighted by Crippen LogP contribution is 2.32. The molecular weight excluding hydrogens is 430 g/mol. The molecule has 3 amide bonds. The predicted molar refractivity (Wildman–Crippen MR) is 126 cm³/mol. The third kappa shape index (κ3) is 4.26. The lowest BCUT2D eigenvalue weighted by molar-refractivity contribution is -0.122. The van der Waals surface area contributed by atoms with E-state index in [-0.39, 0.29) is 12.3 Å². The number of ether oxygens (including phenoxy) is 1. The highest BCUT2D eigenvalue weighted by atomic mass is 16.5. The fourth-order valence-corrected chi connectivity index (χ4v) is 4.15. The average molecular weight is 453 g/mol. The van der Waals surface area contributed by atoms with Crippen molar-refractivity contribution in [3.8, 4) is 11.8 Å². The molecule has 34 heavy (non-hydrogen) atoms. The summed E-state index contributed by atoms with van der Waals surface area (Å²) in [5.41, 5.74) is 2.04. The monoisotopic (exact) mass is 453 g/mol. The number of nitrogens with zero attached hydrogens (tertiary/aromatic N) is 3.